The van der Waals surface area contributed by atoms with E-state index < -0.39 is 0 Å². The number of rotatable bonds is 9. The summed E-state index contributed by atoms with van der Waals surface area (Å²) in [7, 11) is 0. The molecule has 0 aliphatic heterocycles. The minimum Gasteiger partial charge on any atom is -0.311 e. The minimum atomic E-state index is -0.102. The van der Waals surface area contributed by atoms with Crippen LogP contribution in [0.25, 0.3) is 60.9 Å². The van der Waals surface area contributed by atoms with Gasteiger partial charge in [-0.2, -0.15) is 0 Å². The van der Waals surface area contributed by atoms with Crippen molar-refractivity contribution < 1.29 is 0 Å². The topological polar surface area (TPSA) is 11.4 Å². The fourth-order valence-corrected chi connectivity index (χ4v) is 10.3. The van der Waals surface area contributed by atoms with E-state index in [1.54, 1.807) is 0 Å². The summed E-state index contributed by atoms with van der Waals surface area (Å²) in [6, 6.07) is 90.4. The molecule has 1 heterocycles. The van der Waals surface area contributed by atoms with E-state index in [-0.39, 0.29) is 5.41 Å². The highest BCUT2D eigenvalue weighted by Gasteiger charge is 2.35. The summed E-state index contributed by atoms with van der Waals surface area (Å²) in [6.45, 7) is 4.72. The Morgan fingerprint density at radius 1 is 0.303 bits per heavy atom. The van der Waals surface area contributed by atoms with Gasteiger partial charge in [-0.1, -0.05) is 172 Å². The predicted molar refractivity (Wildman–Crippen MR) is 279 cm³/mol. The lowest BCUT2D eigenvalue weighted by atomic mass is 9.82. The molecule has 1 aliphatic carbocycles. The summed E-state index contributed by atoms with van der Waals surface area (Å²) >= 11 is 0. The molecule has 10 aromatic carbocycles. The third-order valence-corrected chi connectivity index (χ3v) is 13.6. The summed E-state index contributed by atoms with van der Waals surface area (Å²) < 4.78 is 2.46. The van der Waals surface area contributed by atoms with Crippen molar-refractivity contribution in [3.05, 3.63) is 260 Å². The number of aromatic nitrogens is 1. The Kier molecular flexibility index (Phi) is 9.50. The normalized spacial score (nSPS) is 12.5. The molecule has 0 radical (unpaired) electrons. The Labute approximate surface area is 386 Å². The van der Waals surface area contributed by atoms with Gasteiger partial charge in [0, 0.05) is 56.0 Å². The SMILES string of the molecule is CC1(C)c2ccccc2-c2ccc(-n3c4ccccc4c4ccc(N(c5ccccc5)c5ccc(N(c6ccc(-c7ccccc7)cc6)c6ccc(-c7ccccc7)cc6)cc5)cc43)cc21. The smallest absolute Gasteiger partial charge is 0.0561 e. The summed E-state index contributed by atoms with van der Waals surface area (Å²) in [5, 5.41) is 2.47. The van der Waals surface area contributed by atoms with Gasteiger partial charge in [-0.05, 0) is 136 Å². The number of benzene rings is 10. The van der Waals surface area contributed by atoms with E-state index in [0.717, 1.165) is 34.1 Å². The van der Waals surface area contributed by atoms with Crippen molar-refractivity contribution in [1.82, 2.24) is 4.57 Å². The number of anilines is 6. The van der Waals surface area contributed by atoms with Crippen LogP contribution in [0.4, 0.5) is 34.1 Å². The van der Waals surface area contributed by atoms with Crippen LogP contribution in [0.15, 0.2) is 249 Å². The molecule has 1 aliphatic rings. The van der Waals surface area contributed by atoms with Crippen LogP contribution >= 0.6 is 0 Å². The summed E-state index contributed by atoms with van der Waals surface area (Å²) in [5.74, 6) is 0. The van der Waals surface area contributed by atoms with Crippen molar-refractivity contribution in [2.24, 2.45) is 0 Å². The minimum absolute atomic E-state index is 0.102. The Bertz CT molecular complexity index is 3430. The highest BCUT2D eigenvalue weighted by atomic mass is 15.2. The Hall–Kier alpha value is -8.40. The largest absolute Gasteiger partial charge is 0.311 e. The van der Waals surface area contributed by atoms with Crippen LogP contribution in [0.2, 0.25) is 0 Å². The molecule has 3 nitrogen and oxygen atoms in total. The quantitative estimate of drug-likeness (QED) is 0.143. The lowest BCUT2D eigenvalue weighted by molar-refractivity contribution is 0.660. The molecule has 11 aromatic rings. The van der Waals surface area contributed by atoms with E-state index in [0.29, 0.717) is 0 Å². The van der Waals surface area contributed by atoms with Crippen LogP contribution in [0.3, 0.4) is 0 Å². The van der Waals surface area contributed by atoms with Gasteiger partial charge in [0.25, 0.3) is 0 Å². The maximum absolute atomic E-state index is 2.46. The van der Waals surface area contributed by atoms with Crippen LogP contribution in [0, 0.1) is 0 Å². The van der Waals surface area contributed by atoms with Crippen LogP contribution < -0.4 is 9.80 Å². The molecule has 0 fully saturated rings. The van der Waals surface area contributed by atoms with Crippen LogP contribution in [-0.2, 0) is 5.41 Å². The van der Waals surface area contributed by atoms with Crippen LogP contribution in [0.5, 0.6) is 0 Å². The average Bonchev–Trinajstić information content (AvgIpc) is 3.83. The van der Waals surface area contributed by atoms with Crippen molar-refractivity contribution in [2.75, 3.05) is 9.80 Å². The van der Waals surface area contributed by atoms with E-state index in [1.165, 1.54) is 72.0 Å². The molecular weight excluding hydrogens is 799 g/mol. The van der Waals surface area contributed by atoms with E-state index >= 15 is 0 Å². The zero-order valence-corrected chi connectivity index (χ0v) is 37.0. The molecular formula is C63H47N3. The molecule has 0 bridgehead atoms. The van der Waals surface area contributed by atoms with Gasteiger partial charge in [0.2, 0.25) is 0 Å². The molecule has 314 valence electrons. The molecule has 0 spiro atoms. The first-order valence-electron chi connectivity index (χ1n) is 22.8. The number of para-hydroxylation sites is 2. The van der Waals surface area contributed by atoms with Crippen molar-refractivity contribution in [1.29, 1.82) is 0 Å². The molecule has 66 heavy (non-hydrogen) atoms. The Morgan fingerprint density at radius 3 is 1.33 bits per heavy atom. The van der Waals surface area contributed by atoms with Gasteiger partial charge in [-0.25, -0.2) is 0 Å². The molecule has 0 saturated carbocycles. The molecule has 1 aromatic heterocycles. The summed E-state index contributed by atoms with van der Waals surface area (Å²) in [4.78, 5) is 4.72. The standard InChI is InChI=1S/C63H47N3/c1-63(2)59-24-14-12-22-55(59)56-40-38-53(42-60(56)63)66-61-25-15-13-23-57(61)58-41-39-54(43-62(58)66)65(48-20-10-5-11-21-48)52-36-34-51(35-37-52)64(49-30-26-46(27-31-49)44-16-6-3-7-17-44)50-32-28-47(29-33-50)45-18-8-4-9-19-45/h3-43H,1-2H3. The van der Waals surface area contributed by atoms with Crippen molar-refractivity contribution in [3.63, 3.8) is 0 Å². The summed E-state index contributed by atoms with van der Waals surface area (Å²) in [5.41, 5.74) is 20.1. The van der Waals surface area contributed by atoms with Crippen molar-refractivity contribution in [2.45, 2.75) is 19.3 Å². The molecule has 0 N–H and O–H groups in total. The fourth-order valence-electron chi connectivity index (χ4n) is 10.3. The first kappa shape index (κ1) is 39.2. The lowest BCUT2D eigenvalue weighted by Crippen LogP contribution is -2.15. The highest BCUT2D eigenvalue weighted by molar-refractivity contribution is 6.10. The van der Waals surface area contributed by atoms with E-state index in [2.05, 4.69) is 277 Å². The van der Waals surface area contributed by atoms with Crippen molar-refractivity contribution >= 4 is 55.9 Å². The Morgan fingerprint density at radius 2 is 0.727 bits per heavy atom. The highest BCUT2D eigenvalue weighted by Crippen LogP contribution is 2.50. The zero-order valence-electron chi connectivity index (χ0n) is 37.0. The maximum Gasteiger partial charge on any atom is 0.0561 e. The number of nitrogens with zero attached hydrogens (tertiary/aromatic N) is 3. The number of fused-ring (bicyclic) bond motifs is 6. The second-order valence-corrected chi connectivity index (χ2v) is 17.8. The van der Waals surface area contributed by atoms with E-state index in [4.69, 9.17) is 0 Å². The van der Waals surface area contributed by atoms with Gasteiger partial charge in [0.05, 0.1) is 11.0 Å². The van der Waals surface area contributed by atoms with Gasteiger partial charge >= 0.3 is 0 Å². The van der Waals surface area contributed by atoms with Gasteiger partial charge in [-0.3, -0.25) is 0 Å². The number of hydrogen-bond donors (Lipinski definition) is 0. The third-order valence-electron chi connectivity index (χ3n) is 13.6. The van der Waals surface area contributed by atoms with E-state index in [9.17, 15) is 0 Å². The zero-order chi connectivity index (χ0) is 44.2. The van der Waals surface area contributed by atoms with Crippen LogP contribution in [-0.4, -0.2) is 4.57 Å². The lowest BCUT2D eigenvalue weighted by Gasteiger charge is -2.28. The van der Waals surface area contributed by atoms with Gasteiger partial charge in [0.15, 0.2) is 0 Å². The third kappa shape index (κ3) is 6.67. The molecule has 3 heteroatoms. The average molecular weight is 846 g/mol. The first-order valence-corrected chi connectivity index (χ1v) is 22.8. The maximum atomic E-state index is 2.46. The van der Waals surface area contributed by atoms with Gasteiger partial charge in [0.1, 0.15) is 0 Å². The Balaban J connectivity index is 0.965. The van der Waals surface area contributed by atoms with Gasteiger partial charge in [-0.15, -0.1) is 0 Å². The van der Waals surface area contributed by atoms with Crippen molar-refractivity contribution in [3.8, 4) is 39.1 Å². The second kappa shape index (κ2) is 16.0. The molecule has 0 unspecified atom stereocenters. The predicted octanol–water partition coefficient (Wildman–Crippen LogP) is 17.4. The van der Waals surface area contributed by atoms with Gasteiger partial charge < -0.3 is 14.4 Å². The monoisotopic (exact) mass is 845 g/mol. The molecule has 0 atom stereocenters. The fraction of sp³-hybridized carbons (Fsp3) is 0.0476. The first-order chi connectivity index (χ1) is 32.5. The molecule has 12 rings (SSSR count). The van der Waals surface area contributed by atoms with E-state index in [1.807, 2.05) is 0 Å². The molecule has 0 amide bonds. The van der Waals surface area contributed by atoms with Crippen LogP contribution in [0.1, 0.15) is 25.0 Å². The number of hydrogen-bond acceptors (Lipinski definition) is 2. The summed E-state index contributed by atoms with van der Waals surface area (Å²) in [6.07, 6.45) is 0. The second-order valence-electron chi connectivity index (χ2n) is 17.8. The molecule has 0 saturated heterocycles.